The van der Waals surface area contributed by atoms with Gasteiger partial charge in [0.1, 0.15) is 0 Å². The molecule has 1 amide bonds. The summed E-state index contributed by atoms with van der Waals surface area (Å²) in [6.07, 6.45) is 1.04. The maximum Gasteiger partial charge on any atom is 0.250 e. The minimum atomic E-state index is -0.388. The van der Waals surface area contributed by atoms with Crippen LogP contribution in [0.1, 0.15) is 22.3 Å². The van der Waals surface area contributed by atoms with Crippen LogP contribution in [0.2, 0.25) is 0 Å². The van der Waals surface area contributed by atoms with Gasteiger partial charge in [0.05, 0.1) is 5.56 Å². The third-order valence-electron chi connectivity index (χ3n) is 4.99. The number of hydrogen-bond acceptors (Lipinski definition) is 4. The largest absolute Gasteiger partial charge is 0.384 e. The number of amides is 1. The van der Waals surface area contributed by atoms with Gasteiger partial charge in [-0.05, 0) is 43.7 Å². The van der Waals surface area contributed by atoms with Crippen LogP contribution in [0.3, 0.4) is 0 Å². The summed E-state index contributed by atoms with van der Waals surface area (Å²) in [6.45, 7) is 8.40. The topological polar surface area (TPSA) is 61.6 Å². The zero-order chi connectivity index (χ0) is 18.4. The molecule has 1 fully saturated rings. The molecule has 0 unspecified atom stereocenters. The molecule has 0 radical (unpaired) electrons. The summed E-state index contributed by atoms with van der Waals surface area (Å²) in [5, 5.41) is 3.34. The molecule has 1 heterocycles. The molecule has 26 heavy (non-hydrogen) atoms. The van der Waals surface area contributed by atoms with E-state index in [1.54, 1.807) is 6.07 Å². The smallest absolute Gasteiger partial charge is 0.250 e. The number of nitrogens with zero attached hydrogens (tertiary/aromatic N) is 2. The van der Waals surface area contributed by atoms with E-state index in [1.807, 2.05) is 18.2 Å². The number of nitrogens with two attached hydrogens (primary N) is 1. The fourth-order valence-corrected chi connectivity index (χ4v) is 3.51. The zero-order valence-corrected chi connectivity index (χ0v) is 15.4. The number of benzene rings is 2. The summed E-state index contributed by atoms with van der Waals surface area (Å²) in [7, 11) is 0. The fourth-order valence-electron chi connectivity index (χ4n) is 3.51. The Labute approximate surface area is 155 Å². The highest BCUT2D eigenvalue weighted by molar-refractivity contribution is 5.98. The Balaban J connectivity index is 1.41. The van der Waals surface area contributed by atoms with E-state index in [1.165, 1.54) is 11.3 Å². The van der Waals surface area contributed by atoms with Gasteiger partial charge in [0.15, 0.2) is 0 Å². The predicted molar refractivity (Wildman–Crippen MR) is 108 cm³/mol. The van der Waals surface area contributed by atoms with Crippen molar-refractivity contribution in [3.05, 3.63) is 59.7 Å². The summed E-state index contributed by atoms with van der Waals surface area (Å²) >= 11 is 0. The monoisotopic (exact) mass is 352 g/mol. The van der Waals surface area contributed by atoms with Crippen molar-refractivity contribution in [2.75, 3.05) is 49.5 Å². The molecule has 5 nitrogen and oxygen atoms in total. The molecule has 1 aliphatic rings. The Bertz CT molecular complexity index is 738. The SMILES string of the molecule is Cc1ccccc1N1CCN(CCCNc2ccccc2C(N)=O)CC1. The molecule has 0 bridgehead atoms. The summed E-state index contributed by atoms with van der Waals surface area (Å²) in [4.78, 5) is 16.4. The molecule has 0 aliphatic carbocycles. The van der Waals surface area contributed by atoms with Crippen LogP contribution in [0.15, 0.2) is 48.5 Å². The maximum absolute atomic E-state index is 11.4. The van der Waals surface area contributed by atoms with E-state index in [9.17, 15) is 4.79 Å². The van der Waals surface area contributed by atoms with Gasteiger partial charge in [-0.1, -0.05) is 30.3 Å². The lowest BCUT2D eigenvalue weighted by atomic mass is 10.1. The van der Waals surface area contributed by atoms with Crippen LogP contribution in [0.4, 0.5) is 11.4 Å². The van der Waals surface area contributed by atoms with Crippen molar-refractivity contribution in [2.45, 2.75) is 13.3 Å². The Hall–Kier alpha value is -2.53. The van der Waals surface area contributed by atoms with Crippen molar-refractivity contribution in [3.8, 4) is 0 Å². The minimum absolute atomic E-state index is 0.388. The van der Waals surface area contributed by atoms with E-state index >= 15 is 0 Å². The second-order valence-corrected chi connectivity index (χ2v) is 6.81. The number of aryl methyl sites for hydroxylation is 1. The molecule has 1 saturated heterocycles. The Morgan fingerprint density at radius 2 is 1.73 bits per heavy atom. The van der Waals surface area contributed by atoms with E-state index in [2.05, 4.69) is 46.3 Å². The van der Waals surface area contributed by atoms with Crippen LogP contribution < -0.4 is 16.0 Å². The normalized spacial score (nSPS) is 15.0. The quantitative estimate of drug-likeness (QED) is 0.752. The van der Waals surface area contributed by atoms with Crippen molar-refractivity contribution in [1.82, 2.24) is 4.90 Å². The molecule has 0 spiro atoms. The van der Waals surface area contributed by atoms with E-state index < -0.39 is 0 Å². The van der Waals surface area contributed by atoms with Crippen molar-refractivity contribution in [2.24, 2.45) is 5.73 Å². The van der Waals surface area contributed by atoms with Crippen molar-refractivity contribution < 1.29 is 4.79 Å². The Morgan fingerprint density at radius 3 is 2.46 bits per heavy atom. The second-order valence-electron chi connectivity index (χ2n) is 6.81. The van der Waals surface area contributed by atoms with Crippen molar-refractivity contribution >= 4 is 17.3 Å². The summed E-state index contributed by atoms with van der Waals surface area (Å²) in [6, 6.07) is 16.0. The van der Waals surface area contributed by atoms with Gasteiger partial charge >= 0.3 is 0 Å². The average molecular weight is 352 g/mol. The Morgan fingerprint density at radius 1 is 1.04 bits per heavy atom. The lowest BCUT2D eigenvalue weighted by Gasteiger charge is -2.36. The summed E-state index contributed by atoms with van der Waals surface area (Å²) < 4.78 is 0. The molecule has 2 aromatic carbocycles. The number of anilines is 2. The molecule has 3 N–H and O–H groups in total. The lowest BCUT2D eigenvalue weighted by molar-refractivity contribution is 0.100. The highest BCUT2D eigenvalue weighted by atomic mass is 16.1. The minimum Gasteiger partial charge on any atom is -0.384 e. The molecule has 0 aromatic heterocycles. The van der Waals surface area contributed by atoms with Gasteiger partial charge in [0.2, 0.25) is 0 Å². The van der Waals surface area contributed by atoms with Gasteiger partial charge in [-0.2, -0.15) is 0 Å². The van der Waals surface area contributed by atoms with Crippen LogP contribution in [-0.2, 0) is 0 Å². The number of para-hydroxylation sites is 2. The van der Waals surface area contributed by atoms with Crippen LogP contribution >= 0.6 is 0 Å². The number of primary amides is 1. The van der Waals surface area contributed by atoms with E-state index in [0.29, 0.717) is 5.56 Å². The van der Waals surface area contributed by atoms with Crippen LogP contribution in [0.5, 0.6) is 0 Å². The van der Waals surface area contributed by atoms with E-state index in [-0.39, 0.29) is 5.91 Å². The number of piperazine rings is 1. The van der Waals surface area contributed by atoms with Crippen LogP contribution in [-0.4, -0.2) is 50.1 Å². The van der Waals surface area contributed by atoms with Gasteiger partial charge in [0.25, 0.3) is 5.91 Å². The van der Waals surface area contributed by atoms with E-state index in [4.69, 9.17) is 5.73 Å². The van der Waals surface area contributed by atoms with Gasteiger partial charge in [-0.25, -0.2) is 0 Å². The van der Waals surface area contributed by atoms with Gasteiger partial charge < -0.3 is 16.0 Å². The van der Waals surface area contributed by atoms with Crippen LogP contribution in [0.25, 0.3) is 0 Å². The number of nitrogens with one attached hydrogen (secondary N) is 1. The first-order chi connectivity index (χ1) is 12.6. The summed E-state index contributed by atoms with van der Waals surface area (Å²) in [5.74, 6) is -0.388. The fraction of sp³-hybridized carbons (Fsp3) is 0.381. The number of carbonyl (C=O) groups excluding carboxylic acids is 1. The highest BCUT2D eigenvalue weighted by Gasteiger charge is 2.17. The highest BCUT2D eigenvalue weighted by Crippen LogP contribution is 2.21. The molecule has 2 aromatic rings. The molecule has 3 rings (SSSR count). The van der Waals surface area contributed by atoms with Crippen molar-refractivity contribution in [1.29, 1.82) is 0 Å². The third kappa shape index (κ3) is 4.55. The first-order valence-electron chi connectivity index (χ1n) is 9.31. The summed E-state index contributed by atoms with van der Waals surface area (Å²) in [5.41, 5.74) is 9.50. The number of carbonyl (C=O) groups is 1. The maximum atomic E-state index is 11.4. The second kappa shape index (κ2) is 8.72. The first kappa shape index (κ1) is 18.3. The zero-order valence-electron chi connectivity index (χ0n) is 15.4. The van der Waals surface area contributed by atoms with Crippen molar-refractivity contribution in [3.63, 3.8) is 0 Å². The molecule has 0 atom stereocenters. The Kier molecular flexibility index (Phi) is 6.12. The molecule has 5 heteroatoms. The molecule has 138 valence electrons. The standard InChI is InChI=1S/C21H28N4O/c1-17-7-2-5-10-20(17)25-15-13-24(14-16-25)12-6-11-23-19-9-4-3-8-18(19)21(22)26/h2-5,7-10,23H,6,11-16H2,1H3,(H2,22,26). The predicted octanol–water partition coefficient (Wildman–Crippen LogP) is 2.72. The molecular formula is C21H28N4O. The molecule has 1 aliphatic heterocycles. The van der Waals surface area contributed by atoms with Crippen LogP contribution in [0, 0.1) is 6.92 Å². The number of rotatable bonds is 7. The van der Waals surface area contributed by atoms with Gasteiger partial charge in [-0.15, -0.1) is 0 Å². The number of hydrogen-bond donors (Lipinski definition) is 2. The van der Waals surface area contributed by atoms with Gasteiger partial charge in [-0.3, -0.25) is 9.69 Å². The first-order valence-corrected chi connectivity index (χ1v) is 9.31. The average Bonchev–Trinajstić information content (AvgIpc) is 2.66. The third-order valence-corrected chi connectivity index (χ3v) is 4.99. The van der Waals surface area contributed by atoms with Gasteiger partial charge in [0, 0.05) is 44.1 Å². The van der Waals surface area contributed by atoms with E-state index in [0.717, 1.165) is 51.4 Å². The molecular weight excluding hydrogens is 324 g/mol. The molecule has 0 saturated carbocycles. The lowest BCUT2D eigenvalue weighted by Crippen LogP contribution is -2.47.